The topological polar surface area (TPSA) is 93.0 Å². The van der Waals surface area contributed by atoms with Crippen LogP contribution in [0.2, 0.25) is 0 Å². The lowest BCUT2D eigenvalue weighted by Crippen LogP contribution is -2.23. The molecule has 8 heteroatoms. The molecule has 0 saturated carbocycles. The van der Waals surface area contributed by atoms with Crippen molar-refractivity contribution in [3.05, 3.63) is 41.2 Å². The number of halogens is 1. The van der Waals surface area contributed by atoms with Gasteiger partial charge in [-0.2, -0.15) is 0 Å². The molecule has 0 bridgehead atoms. The third kappa shape index (κ3) is 2.48. The maximum Gasteiger partial charge on any atom is 0.349 e. The summed E-state index contributed by atoms with van der Waals surface area (Å²) in [5, 5.41) is 8.21. The van der Waals surface area contributed by atoms with Gasteiger partial charge < -0.3 is 9.84 Å². The van der Waals surface area contributed by atoms with Crippen molar-refractivity contribution in [2.24, 2.45) is 4.99 Å². The van der Waals surface area contributed by atoms with Crippen molar-refractivity contribution >= 4 is 20.9 Å². The van der Waals surface area contributed by atoms with Crippen LogP contribution in [-0.2, 0) is 14.6 Å². The number of nitrogens with zero attached hydrogens (tertiary/aromatic N) is 1. The van der Waals surface area contributed by atoms with Gasteiger partial charge in [0, 0.05) is 0 Å². The molecule has 0 saturated heterocycles. The zero-order chi connectivity index (χ0) is 14.0. The van der Waals surface area contributed by atoms with Crippen LogP contribution in [0.25, 0.3) is 0 Å². The van der Waals surface area contributed by atoms with Crippen LogP contribution in [0, 0.1) is 5.82 Å². The highest BCUT2D eigenvalue weighted by atomic mass is 32.2. The fourth-order valence-electron chi connectivity index (χ4n) is 1.38. The van der Waals surface area contributed by atoms with E-state index in [-0.39, 0.29) is 5.75 Å². The standard InChI is InChI=1S/C11H8FNO5S/c12-7-3-1-2-4-8(7)18-6-10-13-5-9(11(14)15)19(10,16)17/h1-5H,6H2,(H,14,15). The van der Waals surface area contributed by atoms with Crippen molar-refractivity contribution in [2.75, 3.05) is 6.61 Å². The molecular weight excluding hydrogens is 277 g/mol. The third-order valence-corrected chi connectivity index (χ3v) is 4.03. The molecule has 1 aliphatic rings. The van der Waals surface area contributed by atoms with E-state index in [0.29, 0.717) is 0 Å². The van der Waals surface area contributed by atoms with Gasteiger partial charge in [0.1, 0.15) is 6.61 Å². The summed E-state index contributed by atoms with van der Waals surface area (Å²) < 4.78 is 41.6. The number of carbonyl (C=O) groups is 1. The van der Waals surface area contributed by atoms with E-state index in [9.17, 15) is 17.6 Å². The average Bonchev–Trinajstić information content (AvgIpc) is 2.63. The van der Waals surface area contributed by atoms with Crippen LogP contribution < -0.4 is 4.74 Å². The number of aliphatic imine (C=N–C) groups is 1. The molecule has 100 valence electrons. The van der Waals surface area contributed by atoms with E-state index in [4.69, 9.17) is 9.84 Å². The molecule has 1 aromatic carbocycles. The number of carboxylic acid groups (broad SMARTS) is 1. The lowest BCUT2D eigenvalue weighted by molar-refractivity contribution is -0.131. The van der Waals surface area contributed by atoms with Gasteiger partial charge in [-0.25, -0.2) is 22.6 Å². The normalized spacial score (nSPS) is 16.7. The van der Waals surface area contributed by atoms with E-state index in [2.05, 4.69) is 4.99 Å². The molecule has 0 radical (unpaired) electrons. The van der Waals surface area contributed by atoms with Crippen molar-refractivity contribution in [3.8, 4) is 5.75 Å². The van der Waals surface area contributed by atoms with Crippen LogP contribution in [0.3, 0.4) is 0 Å². The van der Waals surface area contributed by atoms with Crippen LogP contribution in [-0.4, -0.2) is 31.1 Å². The van der Waals surface area contributed by atoms with Gasteiger partial charge >= 0.3 is 5.97 Å². The third-order valence-electron chi connectivity index (χ3n) is 2.32. The number of rotatable bonds is 4. The van der Waals surface area contributed by atoms with Crippen molar-refractivity contribution in [2.45, 2.75) is 0 Å². The first-order valence-corrected chi connectivity index (χ1v) is 6.54. The summed E-state index contributed by atoms with van der Waals surface area (Å²) >= 11 is 0. The van der Waals surface area contributed by atoms with E-state index < -0.39 is 38.2 Å². The summed E-state index contributed by atoms with van der Waals surface area (Å²) in [6.45, 7) is -0.531. The van der Waals surface area contributed by atoms with Crippen LogP contribution in [0.4, 0.5) is 4.39 Å². The fourth-order valence-corrected chi connectivity index (χ4v) is 2.46. The largest absolute Gasteiger partial charge is 0.483 e. The molecule has 0 fully saturated rings. The highest BCUT2D eigenvalue weighted by Crippen LogP contribution is 2.20. The SMILES string of the molecule is O=C(O)C1=CN=C(COc2ccccc2F)S1(=O)=O. The summed E-state index contributed by atoms with van der Waals surface area (Å²) in [4.78, 5) is 13.3. The van der Waals surface area contributed by atoms with Crippen LogP contribution in [0.15, 0.2) is 40.4 Å². The first-order valence-electron chi connectivity index (χ1n) is 5.05. The number of hydrogen-bond donors (Lipinski definition) is 1. The van der Waals surface area contributed by atoms with Gasteiger partial charge in [-0.05, 0) is 12.1 Å². The van der Waals surface area contributed by atoms with E-state index in [1.807, 2.05) is 0 Å². The first kappa shape index (κ1) is 13.2. The molecule has 2 rings (SSSR count). The smallest absolute Gasteiger partial charge is 0.349 e. The average molecular weight is 285 g/mol. The minimum absolute atomic E-state index is 0.135. The molecule has 0 unspecified atom stereocenters. The predicted molar refractivity (Wildman–Crippen MR) is 64.0 cm³/mol. The Hall–Kier alpha value is -2.22. The van der Waals surface area contributed by atoms with Gasteiger partial charge in [-0.1, -0.05) is 12.1 Å². The maximum atomic E-state index is 13.2. The first-order chi connectivity index (χ1) is 8.93. The van der Waals surface area contributed by atoms with Crippen molar-refractivity contribution in [1.82, 2.24) is 0 Å². The number of hydrogen-bond acceptors (Lipinski definition) is 5. The van der Waals surface area contributed by atoms with Gasteiger partial charge in [0.05, 0.1) is 6.20 Å². The molecule has 19 heavy (non-hydrogen) atoms. The second-order valence-corrected chi connectivity index (χ2v) is 5.46. The highest BCUT2D eigenvalue weighted by Gasteiger charge is 2.34. The van der Waals surface area contributed by atoms with Gasteiger partial charge in [0.25, 0.3) is 0 Å². The Morgan fingerprint density at radius 3 is 2.63 bits per heavy atom. The zero-order valence-corrected chi connectivity index (χ0v) is 10.2. The second-order valence-electron chi connectivity index (χ2n) is 3.54. The Labute approximate surface area is 107 Å². The molecule has 0 atom stereocenters. The van der Waals surface area contributed by atoms with Gasteiger partial charge in [0.2, 0.25) is 9.84 Å². The monoisotopic (exact) mass is 285 g/mol. The zero-order valence-electron chi connectivity index (χ0n) is 9.41. The minimum Gasteiger partial charge on any atom is -0.483 e. The highest BCUT2D eigenvalue weighted by molar-refractivity contribution is 8.10. The summed E-state index contributed by atoms with van der Waals surface area (Å²) in [7, 11) is -4.15. The Balaban J connectivity index is 2.12. The Bertz CT molecular complexity index is 693. The molecule has 1 aliphatic heterocycles. The Morgan fingerprint density at radius 1 is 1.37 bits per heavy atom. The molecule has 1 heterocycles. The van der Waals surface area contributed by atoms with Crippen LogP contribution in [0.5, 0.6) is 5.75 Å². The van der Waals surface area contributed by atoms with Crippen molar-refractivity contribution in [3.63, 3.8) is 0 Å². The van der Waals surface area contributed by atoms with Crippen molar-refractivity contribution in [1.29, 1.82) is 0 Å². The molecule has 0 spiro atoms. The Kier molecular flexibility index (Phi) is 3.34. The molecule has 0 aliphatic carbocycles. The van der Waals surface area contributed by atoms with Crippen molar-refractivity contribution < 1.29 is 27.4 Å². The van der Waals surface area contributed by atoms with Crippen LogP contribution in [0.1, 0.15) is 0 Å². The Morgan fingerprint density at radius 2 is 2.05 bits per heavy atom. The van der Waals surface area contributed by atoms with E-state index in [0.717, 1.165) is 12.3 Å². The number of sulfone groups is 1. The van der Waals surface area contributed by atoms with Crippen LogP contribution >= 0.6 is 0 Å². The molecule has 6 nitrogen and oxygen atoms in total. The van der Waals surface area contributed by atoms with Gasteiger partial charge in [0.15, 0.2) is 21.5 Å². The number of benzene rings is 1. The lowest BCUT2D eigenvalue weighted by atomic mass is 10.3. The summed E-state index contributed by atoms with van der Waals surface area (Å²) in [5.41, 5.74) is 0. The molecule has 1 N–H and O–H groups in total. The lowest BCUT2D eigenvalue weighted by Gasteiger charge is -2.07. The second kappa shape index (κ2) is 4.81. The predicted octanol–water partition coefficient (Wildman–Crippen LogP) is 0.957. The molecule has 0 amide bonds. The molecular formula is C11H8FNO5S. The van der Waals surface area contributed by atoms with Gasteiger partial charge in [-0.3, -0.25) is 0 Å². The summed E-state index contributed by atoms with van der Waals surface area (Å²) in [6, 6.07) is 5.45. The van der Waals surface area contributed by atoms with E-state index in [1.165, 1.54) is 18.2 Å². The number of carboxylic acids is 1. The minimum atomic E-state index is -4.15. The number of aliphatic carboxylic acids is 1. The van der Waals surface area contributed by atoms with E-state index in [1.54, 1.807) is 0 Å². The molecule has 1 aromatic rings. The van der Waals surface area contributed by atoms with Gasteiger partial charge in [-0.15, -0.1) is 0 Å². The fraction of sp³-hybridized carbons (Fsp3) is 0.0909. The number of para-hydroxylation sites is 1. The summed E-state index contributed by atoms with van der Waals surface area (Å²) in [5.74, 6) is -2.38. The van der Waals surface area contributed by atoms with E-state index >= 15 is 0 Å². The summed E-state index contributed by atoms with van der Waals surface area (Å²) in [6.07, 6.45) is 0.734. The quantitative estimate of drug-likeness (QED) is 0.889. The number of ether oxygens (including phenoxy) is 1. The molecule has 0 aromatic heterocycles. The maximum absolute atomic E-state index is 13.2.